The summed E-state index contributed by atoms with van der Waals surface area (Å²) >= 11 is 3.26. The Balaban J connectivity index is 1.40. The summed E-state index contributed by atoms with van der Waals surface area (Å²) in [7, 11) is 0. The van der Waals surface area contributed by atoms with Crippen molar-refractivity contribution in [1.29, 1.82) is 0 Å². The number of halogens is 1. The van der Waals surface area contributed by atoms with Crippen molar-refractivity contribution in [3.05, 3.63) is 58.9 Å². The first kappa shape index (κ1) is 16.4. The fourth-order valence-corrected chi connectivity index (χ4v) is 4.89. The van der Waals surface area contributed by atoms with Gasteiger partial charge < -0.3 is 10.6 Å². The molecule has 0 saturated heterocycles. The van der Waals surface area contributed by atoms with Crippen LogP contribution in [0.3, 0.4) is 0 Å². The summed E-state index contributed by atoms with van der Waals surface area (Å²) in [5, 5.41) is 6.67. The van der Waals surface area contributed by atoms with Crippen LogP contribution in [-0.2, 0) is 6.54 Å². The van der Waals surface area contributed by atoms with Crippen LogP contribution >= 0.6 is 23.1 Å². The number of carbonyl (C=O) groups excluding carboxylic acids is 1. The molecule has 7 heteroatoms. The van der Waals surface area contributed by atoms with Crippen molar-refractivity contribution in [2.75, 3.05) is 5.75 Å². The van der Waals surface area contributed by atoms with Crippen LogP contribution in [0.2, 0.25) is 0 Å². The first-order chi connectivity index (χ1) is 12.2. The Morgan fingerprint density at radius 3 is 3.04 bits per heavy atom. The number of rotatable bonds is 3. The minimum Gasteiger partial charge on any atom is -0.332 e. The topological polar surface area (TPSA) is 54.0 Å². The summed E-state index contributed by atoms with van der Waals surface area (Å²) in [4.78, 5) is 17.8. The van der Waals surface area contributed by atoms with Gasteiger partial charge in [0.05, 0.1) is 22.8 Å². The molecule has 128 valence electrons. The third kappa shape index (κ3) is 3.62. The molecule has 0 spiro atoms. The van der Waals surface area contributed by atoms with E-state index >= 15 is 0 Å². The largest absolute Gasteiger partial charge is 0.332 e. The number of benzene rings is 2. The van der Waals surface area contributed by atoms with Crippen LogP contribution in [0.15, 0.2) is 47.4 Å². The third-order valence-electron chi connectivity index (χ3n) is 4.06. The first-order valence-corrected chi connectivity index (χ1v) is 9.80. The van der Waals surface area contributed by atoms with Gasteiger partial charge in [0.1, 0.15) is 10.8 Å². The Morgan fingerprint density at radius 2 is 2.16 bits per heavy atom. The molecule has 0 radical (unpaired) electrons. The van der Waals surface area contributed by atoms with Gasteiger partial charge in [0, 0.05) is 10.6 Å². The lowest BCUT2D eigenvalue weighted by Gasteiger charge is -2.26. The zero-order chi connectivity index (χ0) is 17.2. The molecule has 1 aliphatic rings. The maximum Gasteiger partial charge on any atom is 0.315 e. The number of hydrogen-bond donors (Lipinski definition) is 2. The van der Waals surface area contributed by atoms with E-state index in [1.54, 1.807) is 29.2 Å². The van der Waals surface area contributed by atoms with Gasteiger partial charge in [-0.05, 0) is 42.3 Å². The highest BCUT2D eigenvalue weighted by atomic mass is 32.2. The molecular weight excluding hydrogens is 357 g/mol. The molecule has 0 fully saturated rings. The van der Waals surface area contributed by atoms with Gasteiger partial charge in [0.2, 0.25) is 0 Å². The van der Waals surface area contributed by atoms with E-state index in [2.05, 4.69) is 15.6 Å². The molecule has 2 aromatic carbocycles. The highest BCUT2D eigenvalue weighted by Gasteiger charge is 2.22. The van der Waals surface area contributed by atoms with Crippen molar-refractivity contribution >= 4 is 39.3 Å². The average Bonchev–Trinajstić information content (AvgIpc) is 3.03. The smallest absolute Gasteiger partial charge is 0.315 e. The average molecular weight is 373 g/mol. The minimum absolute atomic E-state index is 0.165. The van der Waals surface area contributed by atoms with Crippen molar-refractivity contribution in [3.63, 3.8) is 0 Å². The molecule has 2 amide bonds. The zero-order valence-corrected chi connectivity index (χ0v) is 14.9. The molecule has 2 heterocycles. The summed E-state index contributed by atoms with van der Waals surface area (Å²) in [5.41, 5.74) is 1.80. The summed E-state index contributed by atoms with van der Waals surface area (Å²) in [6, 6.07) is 12.2. The second-order valence-electron chi connectivity index (χ2n) is 5.77. The number of nitrogens with one attached hydrogen (secondary N) is 2. The van der Waals surface area contributed by atoms with Crippen molar-refractivity contribution < 1.29 is 9.18 Å². The molecule has 0 saturated carbocycles. The Kier molecular flexibility index (Phi) is 4.59. The second-order valence-corrected chi connectivity index (χ2v) is 8.03. The lowest BCUT2D eigenvalue weighted by atomic mass is 10.0. The van der Waals surface area contributed by atoms with Crippen molar-refractivity contribution in [2.45, 2.75) is 23.9 Å². The lowest BCUT2D eigenvalue weighted by molar-refractivity contribution is 0.236. The molecule has 4 rings (SSSR count). The molecular formula is C18H16FN3OS2. The normalized spacial score (nSPS) is 16.4. The maximum absolute atomic E-state index is 13.5. The predicted octanol–water partition coefficient (Wildman–Crippen LogP) is 4.47. The van der Waals surface area contributed by atoms with Gasteiger partial charge in [-0.25, -0.2) is 14.2 Å². The molecule has 1 unspecified atom stereocenters. The van der Waals surface area contributed by atoms with Crippen LogP contribution in [0.5, 0.6) is 0 Å². The van der Waals surface area contributed by atoms with E-state index in [4.69, 9.17) is 0 Å². The Hall–Kier alpha value is -2.12. The SMILES string of the molecule is O=C(NCc1nc2ccccc2s1)NC1CCSc2ccc(F)cc21. The van der Waals surface area contributed by atoms with E-state index in [0.717, 1.165) is 37.9 Å². The number of para-hydroxylation sites is 1. The van der Waals surface area contributed by atoms with E-state index < -0.39 is 0 Å². The predicted molar refractivity (Wildman–Crippen MR) is 99.5 cm³/mol. The highest BCUT2D eigenvalue weighted by molar-refractivity contribution is 7.99. The third-order valence-corrected chi connectivity index (χ3v) is 6.21. The number of fused-ring (bicyclic) bond motifs is 2. The van der Waals surface area contributed by atoms with Crippen molar-refractivity contribution in [1.82, 2.24) is 15.6 Å². The van der Waals surface area contributed by atoms with E-state index in [1.807, 2.05) is 24.3 Å². The molecule has 4 nitrogen and oxygen atoms in total. The van der Waals surface area contributed by atoms with Gasteiger partial charge in [-0.2, -0.15) is 0 Å². The molecule has 2 N–H and O–H groups in total. The minimum atomic E-state index is -0.275. The fraction of sp³-hybridized carbons (Fsp3) is 0.222. The Morgan fingerprint density at radius 1 is 1.28 bits per heavy atom. The number of thiazole rings is 1. The van der Waals surface area contributed by atoms with Crippen molar-refractivity contribution in [3.8, 4) is 0 Å². The van der Waals surface area contributed by atoms with Crippen LogP contribution in [0.4, 0.5) is 9.18 Å². The lowest BCUT2D eigenvalue weighted by Crippen LogP contribution is -2.38. The van der Waals surface area contributed by atoms with Crippen LogP contribution in [0.1, 0.15) is 23.0 Å². The second kappa shape index (κ2) is 7.01. The van der Waals surface area contributed by atoms with E-state index in [9.17, 15) is 9.18 Å². The molecule has 1 atom stereocenters. The molecule has 3 aromatic rings. The van der Waals surface area contributed by atoms with Crippen LogP contribution in [-0.4, -0.2) is 16.8 Å². The van der Waals surface area contributed by atoms with Gasteiger partial charge in [0.15, 0.2) is 0 Å². The number of carbonyl (C=O) groups is 1. The first-order valence-electron chi connectivity index (χ1n) is 8.00. The zero-order valence-electron chi connectivity index (χ0n) is 13.3. The number of hydrogen-bond acceptors (Lipinski definition) is 4. The van der Waals surface area contributed by atoms with E-state index in [0.29, 0.717) is 6.54 Å². The Labute approximate surface area is 152 Å². The van der Waals surface area contributed by atoms with Gasteiger partial charge in [0.25, 0.3) is 0 Å². The van der Waals surface area contributed by atoms with E-state index in [1.165, 1.54) is 12.1 Å². The number of amides is 2. The summed E-state index contributed by atoms with van der Waals surface area (Å²) in [6.07, 6.45) is 0.787. The molecule has 0 aliphatic carbocycles. The fourth-order valence-electron chi connectivity index (χ4n) is 2.88. The monoisotopic (exact) mass is 373 g/mol. The van der Waals surface area contributed by atoms with Crippen LogP contribution in [0.25, 0.3) is 10.2 Å². The summed E-state index contributed by atoms with van der Waals surface area (Å²) < 4.78 is 14.6. The molecule has 0 bridgehead atoms. The summed E-state index contributed by atoms with van der Waals surface area (Å²) in [6.45, 7) is 0.378. The van der Waals surface area contributed by atoms with Crippen molar-refractivity contribution in [2.24, 2.45) is 0 Å². The number of aromatic nitrogens is 1. The molecule has 1 aliphatic heterocycles. The maximum atomic E-state index is 13.5. The number of nitrogens with zero attached hydrogens (tertiary/aromatic N) is 1. The van der Waals surface area contributed by atoms with Gasteiger partial charge in [-0.1, -0.05) is 12.1 Å². The quantitative estimate of drug-likeness (QED) is 0.712. The molecule has 1 aromatic heterocycles. The van der Waals surface area contributed by atoms with Gasteiger partial charge in [-0.3, -0.25) is 0 Å². The number of thioether (sulfide) groups is 1. The number of urea groups is 1. The Bertz CT molecular complexity index is 895. The molecule has 25 heavy (non-hydrogen) atoms. The van der Waals surface area contributed by atoms with Crippen LogP contribution in [0, 0.1) is 5.82 Å². The standard InChI is InChI=1S/C18H16FN3OS2/c19-11-5-6-15-12(9-11)13(7-8-24-15)22-18(23)20-10-17-21-14-3-1-2-4-16(14)25-17/h1-6,9,13H,7-8,10H2,(H2,20,22,23). The van der Waals surface area contributed by atoms with Gasteiger partial charge in [-0.15, -0.1) is 23.1 Å². The summed E-state index contributed by atoms with van der Waals surface area (Å²) in [5.74, 6) is 0.629. The van der Waals surface area contributed by atoms with Crippen LogP contribution < -0.4 is 10.6 Å². The van der Waals surface area contributed by atoms with Gasteiger partial charge >= 0.3 is 6.03 Å². The highest BCUT2D eigenvalue weighted by Crippen LogP contribution is 2.36. The van der Waals surface area contributed by atoms with E-state index in [-0.39, 0.29) is 17.9 Å².